The number of aliphatic hydroxyl groups excluding tert-OH is 3. The average molecular weight is 532 g/mol. The molecule has 2 aliphatic heterocycles. The quantitative estimate of drug-likeness (QED) is 0.332. The van der Waals surface area contributed by atoms with Crippen molar-refractivity contribution in [3.63, 3.8) is 0 Å². The molecule has 1 aliphatic carbocycles. The van der Waals surface area contributed by atoms with Crippen LogP contribution in [0.3, 0.4) is 0 Å². The van der Waals surface area contributed by atoms with Crippen LogP contribution in [0.2, 0.25) is 0 Å². The maximum Gasteiger partial charge on any atom is 0.357 e. The van der Waals surface area contributed by atoms with Gasteiger partial charge in [0.25, 0.3) is 11.8 Å². The number of fused-ring (bicyclic) bond motifs is 2. The third-order valence-corrected chi connectivity index (χ3v) is 8.49. The fraction of sp³-hybridized carbons (Fsp3) is 0.679. The fourth-order valence-electron chi connectivity index (χ4n) is 6.54. The summed E-state index contributed by atoms with van der Waals surface area (Å²) < 4.78 is 0. The maximum atomic E-state index is 12.8. The summed E-state index contributed by atoms with van der Waals surface area (Å²) in [6.45, 7) is 0.571. The largest absolute Gasteiger partial charge is 0.393 e. The first kappa shape index (κ1) is 28.5. The van der Waals surface area contributed by atoms with Gasteiger partial charge in [0, 0.05) is 37.3 Å². The molecule has 0 aromatic heterocycles. The summed E-state index contributed by atoms with van der Waals surface area (Å²) in [6.07, 6.45) is 8.56. The zero-order valence-electron chi connectivity index (χ0n) is 22.0. The van der Waals surface area contributed by atoms with E-state index in [1.807, 2.05) is 18.2 Å². The third-order valence-electron chi connectivity index (χ3n) is 8.49. The van der Waals surface area contributed by atoms with E-state index in [1.165, 1.54) is 19.3 Å². The lowest BCUT2D eigenvalue weighted by Gasteiger charge is -2.40. The molecule has 1 saturated carbocycles. The number of hydrogen-bond donors (Lipinski definition) is 4. The van der Waals surface area contributed by atoms with Crippen LogP contribution in [0, 0.1) is 5.92 Å². The van der Waals surface area contributed by atoms with Gasteiger partial charge in [-0.05, 0) is 68.1 Å². The highest BCUT2D eigenvalue weighted by Crippen LogP contribution is 2.43. The van der Waals surface area contributed by atoms with Gasteiger partial charge in [0.1, 0.15) is 6.61 Å². The molecule has 1 aromatic rings. The summed E-state index contributed by atoms with van der Waals surface area (Å²) in [7, 11) is 0. The first-order valence-electron chi connectivity index (χ1n) is 13.9. The number of nitrogens with one attached hydrogen (secondary N) is 1. The van der Waals surface area contributed by atoms with Gasteiger partial charge in [-0.15, -0.1) is 0 Å². The molecule has 1 aromatic carbocycles. The van der Waals surface area contributed by atoms with Gasteiger partial charge in [0.05, 0.1) is 6.61 Å². The van der Waals surface area contributed by atoms with Crippen molar-refractivity contribution in [3.8, 4) is 0 Å². The lowest BCUT2D eigenvalue weighted by molar-refractivity contribution is -0.152. The Labute approximate surface area is 223 Å². The number of nitrogens with zero attached hydrogens (tertiary/aromatic N) is 2. The molecule has 2 bridgehead atoms. The van der Waals surface area contributed by atoms with Gasteiger partial charge in [0.2, 0.25) is 0 Å². The molecule has 4 N–H and O–H groups in total. The Morgan fingerprint density at radius 1 is 1.05 bits per heavy atom. The number of hydrogen-bond acceptors (Lipinski definition) is 8. The molecule has 10 nitrogen and oxygen atoms in total. The van der Waals surface area contributed by atoms with Crippen LogP contribution >= 0.6 is 0 Å². The van der Waals surface area contributed by atoms with Crippen LogP contribution < -0.4 is 5.48 Å². The van der Waals surface area contributed by atoms with Gasteiger partial charge in [-0.25, -0.2) is 4.79 Å². The van der Waals surface area contributed by atoms with Crippen LogP contribution in [0.25, 0.3) is 0 Å². The van der Waals surface area contributed by atoms with Crippen LogP contribution in [0.15, 0.2) is 24.3 Å². The second kappa shape index (κ2) is 13.5. The van der Waals surface area contributed by atoms with Crippen molar-refractivity contribution in [2.24, 2.45) is 5.92 Å². The van der Waals surface area contributed by atoms with Crippen molar-refractivity contribution in [1.29, 1.82) is 0 Å². The molecule has 210 valence electrons. The van der Waals surface area contributed by atoms with Gasteiger partial charge in [-0.3, -0.25) is 14.5 Å². The Morgan fingerprint density at radius 2 is 1.76 bits per heavy atom. The van der Waals surface area contributed by atoms with Crippen molar-refractivity contribution in [2.45, 2.75) is 81.9 Å². The van der Waals surface area contributed by atoms with E-state index in [-0.39, 0.29) is 5.91 Å². The molecule has 0 radical (unpaired) electrons. The zero-order chi connectivity index (χ0) is 27.1. The SMILES string of the molecule is O=C(CO)ONC(=O)c1cccc(C2C[C@H]3CC[C@@H](C2)N3CCN(CC2CCCCC2)C(=O)[C@@H](O)CO)c1. The second-order valence-electron chi connectivity index (χ2n) is 11.0. The second-order valence-corrected chi connectivity index (χ2v) is 11.0. The van der Waals surface area contributed by atoms with Crippen LogP contribution in [0.1, 0.15) is 79.6 Å². The van der Waals surface area contributed by atoms with E-state index in [0.717, 1.165) is 50.6 Å². The monoisotopic (exact) mass is 531 g/mol. The normalized spacial score (nSPS) is 24.6. The van der Waals surface area contributed by atoms with Crippen LogP contribution in [0.4, 0.5) is 0 Å². The minimum absolute atomic E-state index is 0.299. The highest BCUT2D eigenvalue weighted by molar-refractivity contribution is 5.94. The van der Waals surface area contributed by atoms with E-state index >= 15 is 0 Å². The number of carbonyl (C=O) groups is 3. The molecule has 38 heavy (non-hydrogen) atoms. The van der Waals surface area contributed by atoms with Crippen molar-refractivity contribution in [2.75, 3.05) is 32.8 Å². The average Bonchev–Trinajstić information content (AvgIpc) is 3.19. The molecule has 2 amide bonds. The van der Waals surface area contributed by atoms with Gasteiger partial charge < -0.3 is 25.1 Å². The van der Waals surface area contributed by atoms with E-state index in [4.69, 9.17) is 5.11 Å². The summed E-state index contributed by atoms with van der Waals surface area (Å²) in [5, 5.41) is 28.2. The number of benzene rings is 1. The highest BCUT2D eigenvalue weighted by Gasteiger charge is 2.41. The Balaban J connectivity index is 1.36. The molecule has 4 atom stereocenters. The topological polar surface area (TPSA) is 140 Å². The third kappa shape index (κ3) is 7.11. The Kier molecular flexibility index (Phi) is 10.1. The molecular formula is C28H41N3O7. The number of rotatable bonds is 10. The summed E-state index contributed by atoms with van der Waals surface area (Å²) in [5.41, 5.74) is 3.54. The maximum absolute atomic E-state index is 12.8. The smallest absolute Gasteiger partial charge is 0.357 e. The molecule has 1 unspecified atom stereocenters. The van der Waals surface area contributed by atoms with Gasteiger partial charge in [0.15, 0.2) is 6.10 Å². The molecule has 3 aliphatic rings. The summed E-state index contributed by atoms with van der Waals surface area (Å²) in [4.78, 5) is 45.1. The Bertz CT molecular complexity index is 954. The van der Waals surface area contributed by atoms with E-state index in [0.29, 0.717) is 42.6 Å². The standard InChI is InChI=1S/C28H41N3O7/c32-17-25(34)28(37)30(16-19-5-2-1-3-6-19)11-12-31-23-9-10-24(31)15-22(14-23)20-7-4-8-21(13-20)27(36)29-38-26(35)18-33/h4,7-8,13,19,22-25,32-34H,1-3,5-6,9-12,14-18H2,(H,29,36)/t22?,23-,24+,25-/m0/s1. The van der Waals surface area contributed by atoms with Crippen LogP contribution in [0.5, 0.6) is 0 Å². The summed E-state index contributed by atoms with van der Waals surface area (Å²) >= 11 is 0. The highest BCUT2D eigenvalue weighted by atomic mass is 16.7. The van der Waals surface area contributed by atoms with E-state index in [2.05, 4.69) is 15.2 Å². The lowest BCUT2D eigenvalue weighted by Crippen LogP contribution is -2.50. The molecule has 4 rings (SSSR count). The number of carbonyl (C=O) groups excluding carboxylic acids is 3. The lowest BCUT2D eigenvalue weighted by atomic mass is 9.84. The molecule has 2 saturated heterocycles. The summed E-state index contributed by atoms with van der Waals surface area (Å²) in [5.74, 6) is -1.09. The van der Waals surface area contributed by atoms with Crippen LogP contribution in [-0.2, 0) is 14.4 Å². The first-order valence-corrected chi connectivity index (χ1v) is 13.9. The zero-order valence-corrected chi connectivity index (χ0v) is 22.0. The Hall–Kier alpha value is -2.53. The molecule has 0 spiro atoms. The molecular weight excluding hydrogens is 490 g/mol. The Morgan fingerprint density at radius 3 is 2.42 bits per heavy atom. The minimum atomic E-state index is -1.36. The number of amides is 2. The van der Waals surface area contributed by atoms with Crippen molar-refractivity contribution < 1.29 is 34.5 Å². The number of aliphatic hydroxyl groups is 3. The van der Waals surface area contributed by atoms with Crippen LogP contribution in [-0.4, -0.2) is 93.9 Å². The summed E-state index contributed by atoms with van der Waals surface area (Å²) in [6, 6.07) is 8.12. The first-order chi connectivity index (χ1) is 18.4. The molecule has 10 heteroatoms. The number of piperidine rings is 1. The van der Waals surface area contributed by atoms with Gasteiger partial charge in [-0.1, -0.05) is 31.4 Å². The van der Waals surface area contributed by atoms with E-state index in [1.54, 1.807) is 11.0 Å². The minimum Gasteiger partial charge on any atom is -0.393 e. The van der Waals surface area contributed by atoms with Crippen molar-refractivity contribution in [3.05, 3.63) is 35.4 Å². The van der Waals surface area contributed by atoms with Crippen molar-refractivity contribution in [1.82, 2.24) is 15.3 Å². The van der Waals surface area contributed by atoms with E-state index < -0.39 is 31.2 Å². The van der Waals surface area contributed by atoms with E-state index in [9.17, 15) is 24.6 Å². The predicted octanol–water partition coefficient (Wildman–Crippen LogP) is 1.34. The van der Waals surface area contributed by atoms with Gasteiger partial charge >= 0.3 is 5.97 Å². The predicted molar refractivity (Wildman–Crippen MR) is 139 cm³/mol. The van der Waals surface area contributed by atoms with Crippen molar-refractivity contribution >= 4 is 17.8 Å². The number of hydroxylamine groups is 1. The van der Waals surface area contributed by atoms with Gasteiger partial charge in [-0.2, -0.15) is 5.48 Å². The fourth-order valence-corrected chi connectivity index (χ4v) is 6.54. The molecule has 2 heterocycles. The molecule has 3 fully saturated rings.